The summed E-state index contributed by atoms with van der Waals surface area (Å²) in [5, 5.41) is 0. The molecule has 0 bridgehead atoms. The third-order valence-electron chi connectivity index (χ3n) is 6.40. The largest absolute Gasteiger partial charge is 0.490 e. The lowest BCUT2D eigenvalue weighted by atomic mass is 9.77. The quantitative estimate of drug-likeness (QED) is 0.804. The summed E-state index contributed by atoms with van der Waals surface area (Å²) >= 11 is 0. The Labute approximate surface area is 158 Å². The SMILES string of the molecule is COc1coc(C(=O)N2CCC3(CCCN(CC4CCC4)C3=O)C2)cc1=O. The lowest BCUT2D eigenvalue weighted by molar-refractivity contribution is -0.146. The average molecular weight is 374 g/mol. The minimum absolute atomic E-state index is 0.00701. The smallest absolute Gasteiger partial charge is 0.289 e. The fourth-order valence-electron chi connectivity index (χ4n) is 4.55. The van der Waals surface area contributed by atoms with Crippen LogP contribution in [0, 0.1) is 11.3 Å². The van der Waals surface area contributed by atoms with E-state index in [1.165, 1.54) is 26.4 Å². The van der Waals surface area contributed by atoms with Crippen molar-refractivity contribution < 1.29 is 18.7 Å². The Kier molecular flexibility index (Phi) is 4.70. The molecule has 0 aromatic carbocycles. The molecule has 0 radical (unpaired) electrons. The number of rotatable bonds is 4. The number of hydrogen-bond donors (Lipinski definition) is 0. The number of nitrogens with zero attached hydrogens (tertiary/aromatic N) is 2. The Morgan fingerprint density at radius 3 is 2.74 bits per heavy atom. The third kappa shape index (κ3) is 3.24. The molecule has 7 nitrogen and oxygen atoms in total. The van der Waals surface area contributed by atoms with Gasteiger partial charge in [-0.15, -0.1) is 0 Å². The summed E-state index contributed by atoms with van der Waals surface area (Å²) in [5.41, 5.74) is -0.855. The van der Waals surface area contributed by atoms with Crippen molar-refractivity contribution >= 4 is 11.8 Å². The van der Waals surface area contributed by atoms with Gasteiger partial charge >= 0.3 is 0 Å². The van der Waals surface area contributed by atoms with Crippen molar-refractivity contribution in [3.63, 3.8) is 0 Å². The van der Waals surface area contributed by atoms with Crippen molar-refractivity contribution in [1.82, 2.24) is 9.80 Å². The van der Waals surface area contributed by atoms with Crippen LogP contribution in [0.15, 0.2) is 21.5 Å². The van der Waals surface area contributed by atoms with Crippen LogP contribution >= 0.6 is 0 Å². The van der Waals surface area contributed by atoms with Crippen LogP contribution in [0.4, 0.5) is 0 Å². The summed E-state index contributed by atoms with van der Waals surface area (Å²) in [6, 6.07) is 1.16. The lowest BCUT2D eigenvalue weighted by Gasteiger charge is -2.42. The zero-order valence-electron chi connectivity index (χ0n) is 15.7. The molecule has 3 heterocycles. The Hall–Kier alpha value is -2.31. The molecule has 2 amide bonds. The molecule has 1 aliphatic carbocycles. The van der Waals surface area contributed by atoms with Crippen LogP contribution < -0.4 is 10.2 Å². The average Bonchev–Trinajstić information content (AvgIpc) is 3.06. The van der Waals surface area contributed by atoms with Crippen LogP contribution in [0.3, 0.4) is 0 Å². The monoisotopic (exact) mass is 374 g/mol. The van der Waals surface area contributed by atoms with Crippen molar-refractivity contribution in [2.24, 2.45) is 11.3 Å². The van der Waals surface area contributed by atoms with Crippen LogP contribution in [-0.4, -0.2) is 54.9 Å². The molecule has 2 aliphatic heterocycles. The molecule has 2 saturated heterocycles. The van der Waals surface area contributed by atoms with E-state index in [0.29, 0.717) is 25.4 Å². The van der Waals surface area contributed by atoms with Crippen molar-refractivity contribution in [3.05, 3.63) is 28.3 Å². The van der Waals surface area contributed by atoms with Gasteiger partial charge in [0.05, 0.1) is 12.5 Å². The maximum Gasteiger partial charge on any atom is 0.289 e. The first-order valence-corrected chi connectivity index (χ1v) is 9.78. The standard InChI is InChI=1S/C20H26N2O5/c1-26-17-12-27-16(10-15(17)23)18(24)22-9-7-20(13-22)6-3-8-21(19(20)25)11-14-4-2-5-14/h10,12,14H,2-9,11,13H2,1H3. The zero-order chi connectivity index (χ0) is 19.0. The number of piperidine rings is 1. The summed E-state index contributed by atoms with van der Waals surface area (Å²) in [5.74, 6) is 0.574. The summed E-state index contributed by atoms with van der Waals surface area (Å²) in [7, 11) is 1.38. The first-order valence-electron chi connectivity index (χ1n) is 9.78. The number of carbonyl (C=O) groups excluding carboxylic acids is 2. The highest BCUT2D eigenvalue weighted by Gasteiger charge is 2.50. The van der Waals surface area contributed by atoms with Gasteiger partial charge in [-0.3, -0.25) is 14.4 Å². The number of methoxy groups -OCH3 is 1. The van der Waals surface area contributed by atoms with Crippen molar-refractivity contribution in [2.75, 3.05) is 33.3 Å². The van der Waals surface area contributed by atoms with E-state index < -0.39 is 5.41 Å². The van der Waals surface area contributed by atoms with Gasteiger partial charge in [-0.05, 0) is 38.0 Å². The van der Waals surface area contributed by atoms with Crippen molar-refractivity contribution in [2.45, 2.75) is 38.5 Å². The number of ether oxygens (including phenoxy) is 1. The van der Waals surface area contributed by atoms with Crippen molar-refractivity contribution in [3.8, 4) is 5.75 Å². The molecule has 3 fully saturated rings. The highest BCUT2D eigenvalue weighted by atomic mass is 16.5. The van der Waals surface area contributed by atoms with Crippen LogP contribution in [-0.2, 0) is 4.79 Å². The van der Waals surface area contributed by atoms with Gasteiger partial charge in [0.2, 0.25) is 17.1 Å². The number of hydrogen-bond acceptors (Lipinski definition) is 5. The predicted octanol–water partition coefficient (Wildman–Crippen LogP) is 1.90. The van der Waals surface area contributed by atoms with Crippen LogP contribution in [0.1, 0.15) is 49.1 Å². The van der Waals surface area contributed by atoms with Crippen molar-refractivity contribution in [1.29, 1.82) is 0 Å². The summed E-state index contributed by atoms with van der Waals surface area (Å²) in [6.07, 6.45) is 7.36. The van der Waals surface area contributed by atoms with Gasteiger partial charge in [-0.2, -0.15) is 0 Å². The second-order valence-electron chi connectivity index (χ2n) is 8.09. The van der Waals surface area contributed by atoms with Gasteiger partial charge in [0, 0.05) is 32.2 Å². The Morgan fingerprint density at radius 1 is 1.26 bits per heavy atom. The molecule has 1 saturated carbocycles. The van der Waals surface area contributed by atoms with Crippen LogP contribution in [0.25, 0.3) is 0 Å². The van der Waals surface area contributed by atoms with Gasteiger partial charge in [-0.25, -0.2) is 0 Å². The van der Waals surface area contributed by atoms with Gasteiger partial charge in [-0.1, -0.05) is 6.42 Å². The summed E-state index contributed by atoms with van der Waals surface area (Å²) in [4.78, 5) is 41.5. The maximum atomic E-state index is 13.2. The molecule has 27 heavy (non-hydrogen) atoms. The molecule has 7 heteroatoms. The second kappa shape index (κ2) is 7.02. The van der Waals surface area contributed by atoms with E-state index >= 15 is 0 Å². The van der Waals surface area contributed by atoms with Crippen LogP contribution in [0.2, 0.25) is 0 Å². The molecule has 1 aromatic heterocycles. The van der Waals surface area contributed by atoms with Gasteiger partial charge in [0.1, 0.15) is 6.26 Å². The summed E-state index contributed by atoms with van der Waals surface area (Å²) < 4.78 is 10.2. The van der Waals surface area contributed by atoms with Gasteiger partial charge in [0.15, 0.2) is 5.76 Å². The van der Waals surface area contributed by atoms with Crippen LogP contribution in [0.5, 0.6) is 5.75 Å². The molecule has 3 aliphatic rings. The molecule has 1 spiro atoms. The van der Waals surface area contributed by atoms with E-state index in [-0.39, 0.29) is 28.8 Å². The number of likely N-dealkylation sites (tertiary alicyclic amines) is 2. The Bertz CT molecular complexity index is 800. The van der Waals surface area contributed by atoms with E-state index in [1.54, 1.807) is 4.90 Å². The highest BCUT2D eigenvalue weighted by Crippen LogP contribution is 2.41. The Morgan fingerprint density at radius 2 is 2.07 bits per heavy atom. The first-order chi connectivity index (χ1) is 13.0. The molecule has 1 atom stereocenters. The Balaban J connectivity index is 1.46. The normalized spacial score (nSPS) is 25.7. The van der Waals surface area contributed by atoms with Gasteiger partial charge in [0.25, 0.3) is 5.91 Å². The predicted molar refractivity (Wildman–Crippen MR) is 97.6 cm³/mol. The molecule has 0 N–H and O–H groups in total. The van der Waals surface area contributed by atoms with E-state index in [4.69, 9.17) is 9.15 Å². The van der Waals surface area contributed by atoms with E-state index in [0.717, 1.165) is 38.3 Å². The fourth-order valence-corrected chi connectivity index (χ4v) is 4.55. The minimum Gasteiger partial charge on any atom is -0.490 e. The topological polar surface area (TPSA) is 80.1 Å². The maximum absolute atomic E-state index is 13.2. The molecular formula is C20H26N2O5. The van der Waals surface area contributed by atoms with Gasteiger partial charge < -0.3 is 19.0 Å². The highest BCUT2D eigenvalue weighted by molar-refractivity contribution is 5.93. The number of carbonyl (C=O) groups is 2. The molecular weight excluding hydrogens is 348 g/mol. The zero-order valence-corrected chi connectivity index (χ0v) is 15.7. The minimum atomic E-state index is -0.468. The lowest BCUT2D eigenvalue weighted by Crippen LogP contribution is -2.52. The molecule has 4 rings (SSSR count). The number of amides is 2. The van der Waals surface area contributed by atoms with E-state index in [2.05, 4.69) is 0 Å². The molecule has 146 valence electrons. The molecule has 1 aromatic rings. The fraction of sp³-hybridized carbons (Fsp3) is 0.650. The third-order valence-corrected chi connectivity index (χ3v) is 6.40. The second-order valence-corrected chi connectivity index (χ2v) is 8.09. The van der Waals surface area contributed by atoms with E-state index in [1.807, 2.05) is 4.90 Å². The van der Waals surface area contributed by atoms with E-state index in [9.17, 15) is 14.4 Å². The molecule has 1 unspecified atom stereocenters. The summed E-state index contributed by atoms with van der Waals surface area (Å²) in [6.45, 7) is 2.61. The first kappa shape index (κ1) is 18.1.